The number of rotatable bonds is 11. The largest absolute Gasteiger partial charge is 0.393 e. The molecule has 192 valence electrons. The molecule has 5 N–H and O–H groups in total. The summed E-state index contributed by atoms with van der Waals surface area (Å²) in [6.45, 7) is 3.15. The monoisotopic (exact) mass is 493 g/mol. The van der Waals surface area contributed by atoms with E-state index in [2.05, 4.69) is 37.8 Å². The van der Waals surface area contributed by atoms with Crippen LogP contribution in [0.15, 0.2) is 43.0 Å². The van der Waals surface area contributed by atoms with Gasteiger partial charge in [-0.1, -0.05) is 25.5 Å². The fourth-order valence-electron chi connectivity index (χ4n) is 4.18. The van der Waals surface area contributed by atoms with Crippen molar-refractivity contribution in [1.82, 2.24) is 24.8 Å². The molecule has 1 aliphatic rings. The molecule has 1 amide bonds. The maximum Gasteiger partial charge on any atom is 0.256 e. The lowest BCUT2D eigenvalue weighted by molar-refractivity contribution is 0.0950. The zero-order chi connectivity index (χ0) is 25.3. The van der Waals surface area contributed by atoms with E-state index in [9.17, 15) is 15.0 Å². The Morgan fingerprint density at radius 1 is 1.14 bits per heavy atom. The highest BCUT2D eigenvalue weighted by Crippen LogP contribution is 2.24. The number of aromatic nitrogens is 4. The molecular weight excluding hydrogens is 458 g/mol. The lowest BCUT2D eigenvalue weighted by Gasteiger charge is -2.27. The Hall–Kier alpha value is -3.50. The first-order valence-electron chi connectivity index (χ1n) is 12.6. The van der Waals surface area contributed by atoms with Crippen LogP contribution in [0.2, 0.25) is 0 Å². The predicted octanol–water partition coefficient (Wildman–Crippen LogP) is 3.01. The summed E-state index contributed by atoms with van der Waals surface area (Å²) in [6.07, 6.45) is 9.96. The van der Waals surface area contributed by atoms with Crippen molar-refractivity contribution in [3.05, 3.63) is 59.8 Å². The van der Waals surface area contributed by atoms with Crippen LogP contribution < -0.4 is 16.0 Å². The van der Waals surface area contributed by atoms with Crippen LogP contribution >= 0.6 is 0 Å². The number of nitrogens with zero attached hydrogens (tertiary/aromatic N) is 4. The molecule has 4 rings (SSSR count). The van der Waals surface area contributed by atoms with Crippen LogP contribution in [-0.4, -0.2) is 54.3 Å². The van der Waals surface area contributed by atoms with Gasteiger partial charge in [-0.15, -0.1) is 0 Å². The molecule has 0 unspecified atom stereocenters. The number of hydrogen-bond donors (Lipinski definition) is 5. The van der Waals surface area contributed by atoms with Crippen LogP contribution in [0.1, 0.15) is 67.1 Å². The second kappa shape index (κ2) is 12.5. The number of anilines is 2. The van der Waals surface area contributed by atoms with Gasteiger partial charge in [0.2, 0.25) is 5.95 Å². The third kappa shape index (κ3) is 6.79. The Balaban J connectivity index is 1.42. The number of aliphatic hydroxyl groups is 2. The van der Waals surface area contributed by atoms with Crippen molar-refractivity contribution < 1.29 is 15.0 Å². The maximum absolute atomic E-state index is 13.1. The van der Waals surface area contributed by atoms with E-state index in [0.717, 1.165) is 56.3 Å². The fraction of sp³-hybridized carbons (Fsp3) is 0.462. The van der Waals surface area contributed by atoms with E-state index in [1.54, 1.807) is 18.7 Å². The summed E-state index contributed by atoms with van der Waals surface area (Å²) in [5.74, 6) is 0.760. The van der Waals surface area contributed by atoms with Crippen molar-refractivity contribution in [2.75, 3.05) is 17.2 Å². The van der Waals surface area contributed by atoms with Gasteiger partial charge in [0.25, 0.3) is 5.91 Å². The Morgan fingerprint density at radius 2 is 1.92 bits per heavy atom. The lowest BCUT2D eigenvalue weighted by atomic mass is 9.93. The summed E-state index contributed by atoms with van der Waals surface area (Å²) in [5, 5.41) is 28.7. The number of amides is 1. The van der Waals surface area contributed by atoms with E-state index < -0.39 is 0 Å². The number of benzene rings is 1. The van der Waals surface area contributed by atoms with Gasteiger partial charge in [0.1, 0.15) is 11.4 Å². The normalized spacial score (nSPS) is 17.5. The highest BCUT2D eigenvalue weighted by atomic mass is 16.3. The minimum atomic E-state index is -0.251. The first kappa shape index (κ1) is 25.6. The number of unbranched alkanes of at least 4 members (excludes halogenated alkanes) is 1. The lowest BCUT2D eigenvalue weighted by Crippen LogP contribution is -2.31. The highest BCUT2D eigenvalue weighted by Gasteiger charge is 2.22. The van der Waals surface area contributed by atoms with Gasteiger partial charge in [0.15, 0.2) is 0 Å². The molecule has 1 fully saturated rings. The summed E-state index contributed by atoms with van der Waals surface area (Å²) in [6, 6.07) is 7.92. The molecule has 10 heteroatoms. The number of imidazole rings is 1. The Bertz CT molecular complexity index is 1120. The smallest absolute Gasteiger partial charge is 0.256 e. The van der Waals surface area contributed by atoms with Crippen molar-refractivity contribution in [2.45, 2.75) is 70.7 Å². The summed E-state index contributed by atoms with van der Waals surface area (Å²) in [5.41, 5.74) is 2.87. The van der Waals surface area contributed by atoms with E-state index in [4.69, 9.17) is 0 Å². The second-order valence-electron chi connectivity index (χ2n) is 9.17. The quantitative estimate of drug-likeness (QED) is 0.257. The van der Waals surface area contributed by atoms with Crippen LogP contribution in [0.5, 0.6) is 0 Å². The topological polar surface area (TPSA) is 137 Å². The van der Waals surface area contributed by atoms with Crippen molar-refractivity contribution in [3.8, 4) is 5.69 Å². The molecule has 0 spiro atoms. The number of nitrogens with one attached hydrogen (secondary N) is 3. The first-order chi connectivity index (χ1) is 17.6. The van der Waals surface area contributed by atoms with Gasteiger partial charge in [-0.05, 0) is 49.8 Å². The number of aliphatic hydroxyl groups excluding tert-OH is 2. The molecule has 1 saturated carbocycles. The van der Waals surface area contributed by atoms with Crippen molar-refractivity contribution in [2.24, 2.45) is 0 Å². The minimum Gasteiger partial charge on any atom is -0.393 e. The Kier molecular flexibility index (Phi) is 8.85. The standard InChI is InChI=1S/C26H35N7O3/c1-2-3-12-27-26-29-14-23(24(32-26)31-19-6-10-22(35)11-7-19)25(36)28-13-18-4-8-21(9-5-18)33-15-20(16-34)30-17-33/h4-5,8-9,14-15,17,19,22,34-35H,2-3,6-7,10-13,16H2,1H3,(H,28,36)(H2,27,29,31,32)/t19-,22-. The summed E-state index contributed by atoms with van der Waals surface area (Å²) >= 11 is 0. The summed E-state index contributed by atoms with van der Waals surface area (Å²) in [4.78, 5) is 26.2. The van der Waals surface area contributed by atoms with Crippen molar-refractivity contribution >= 4 is 17.7 Å². The zero-order valence-corrected chi connectivity index (χ0v) is 20.7. The molecule has 0 aliphatic heterocycles. The van der Waals surface area contributed by atoms with Crippen LogP contribution in [0, 0.1) is 0 Å². The van der Waals surface area contributed by atoms with Gasteiger partial charge in [0.05, 0.1) is 24.7 Å². The number of hydrogen-bond acceptors (Lipinski definition) is 8. The Labute approximate surface area is 211 Å². The van der Waals surface area contributed by atoms with Crippen LogP contribution in [0.4, 0.5) is 11.8 Å². The molecule has 1 aliphatic carbocycles. The molecule has 10 nitrogen and oxygen atoms in total. The third-order valence-corrected chi connectivity index (χ3v) is 6.37. The van der Waals surface area contributed by atoms with Crippen LogP contribution in [0.25, 0.3) is 5.69 Å². The predicted molar refractivity (Wildman–Crippen MR) is 138 cm³/mol. The summed E-state index contributed by atoms with van der Waals surface area (Å²) < 4.78 is 1.84. The van der Waals surface area contributed by atoms with Crippen LogP contribution in [0.3, 0.4) is 0 Å². The molecule has 0 radical (unpaired) electrons. The van der Waals surface area contributed by atoms with Gasteiger partial charge in [0, 0.05) is 37.2 Å². The molecule has 1 aromatic carbocycles. The third-order valence-electron chi connectivity index (χ3n) is 6.37. The van der Waals surface area contributed by atoms with Gasteiger partial charge in [-0.3, -0.25) is 4.79 Å². The molecule has 3 aromatic rings. The first-order valence-corrected chi connectivity index (χ1v) is 12.6. The molecule has 2 heterocycles. The van der Waals surface area contributed by atoms with E-state index in [1.165, 1.54) is 0 Å². The minimum absolute atomic E-state index is 0.101. The van der Waals surface area contributed by atoms with Gasteiger partial charge < -0.3 is 30.7 Å². The summed E-state index contributed by atoms with van der Waals surface area (Å²) in [7, 11) is 0. The zero-order valence-electron chi connectivity index (χ0n) is 20.7. The van der Waals surface area contributed by atoms with Crippen molar-refractivity contribution in [3.63, 3.8) is 0 Å². The molecule has 0 atom stereocenters. The molecule has 0 bridgehead atoms. The van der Waals surface area contributed by atoms with E-state index in [-0.39, 0.29) is 24.7 Å². The average Bonchev–Trinajstić information content (AvgIpc) is 3.39. The fourth-order valence-corrected chi connectivity index (χ4v) is 4.18. The van der Waals surface area contributed by atoms with Crippen LogP contribution in [-0.2, 0) is 13.2 Å². The molecular formula is C26H35N7O3. The van der Waals surface area contributed by atoms with Crippen molar-refractivity contribution in [1.29, 1.82) is 0 Å². The SMILES string of the molecule is CCCCNc1ncc(C(=O)NCc2ccc(-n3cnc(CO)c3)cc2)c(N[C@H]2CC[C@H](O)CC2)n1. The van der Waals surface area contributed by atoms with Gasteiger partial charge in [-0.2, -0.15) is 4.98 Å². The second-order valence-corrected chi connectivity index (χ2v) is 9.17. The number of carbonyl (C=O) groups excluding carboxylic acids is 1. The molecule has 0 saturated heterocycles. The average molecular weight is 494 g/mol. The number of carbonyl (C=O) groups is 1. The van der Waals surface area contributed by atoms with Gasteiger partial charge >= 0.3 is 0 Å². The highest BCUT2D eigenvalue weighted by molar-refractivity contribution is 5.98. The van der Waals surface area contributed by atoms with E-state index >= 15 is 0 Å². The molecule has 36 heavy (non-hydrogen) atoms. The van der Waals surface area contributed by atoms with Gasteiger partial charge in [-0.25, -0.2) is 9.97 Å². The maximum atomic E-state index is 13.1. The molecule has 2 aromatic heterocycles. The van der Waals surface area contributed by atoms with E-state index in [0.29, 0.717) is 29.6 Å². The van der Waals surface area contributed by atoms with E-state index in [1.807, 2.05) is 28.8 Å². The Morgan fingerprint density at radius 3 is 2.61 bits per heavy atom.